The molecule has 1 rings (SSSR count). The third kappa shape index (κ3) is 5.59. The first kappa shape index (κ1) is 13.3. The molecule has 0 unspecified atom stereocenters. The number of rotatable bonds is 3. The summed E-state index contributed by atoms with van der Waals surface area (Å²) in [6, 6.07) is 9.38. The van der Waals surface area contributed by atoms with E-state index < -0.39 is 0 Å². The fraction of sp³-hybridized carbons (Fsp3) is 0.273. The summed E-state index contributed by atoms with van der Waals surface area (Å²) in [7, 11) is 0. The summed E-state index contributed by atoms with van der Waals surface area (Å²) in [6.45, 7) is 3.82. The summed E-state index contributed by atoms with van der Waals surface area (Å²) in [5.74, 6) is 4.72. The average Bonchev–Trinajstić information content (AvgIpc) is 2.29. The zero-order chi connectivity index (χ0) is 11.7. The van der Waals surface area contributed by atoms with Crippen LogP contribution in [0.4, 0.5) is 0 Å². The van der Waals surface area contributed by atoms with Gasteiger partial charge in [0.25, 0.3) is 0 Å². The van der Waals surface area contributed by atoms with Crippen molar-refractivity contribution in [3.63, 3.8) is 0 Å². The maximum absolute atomic E-state index is 11.3. The first-order chi connectivity index (χ1) is 7.13. The lowest BCUT2D eigenvalue weighted by atomic mass is 10.0. The molecule has 0 heterocycles. The molecule has 0 saturated carbocycles. The number of nitrogens with one attached hydrogen (secondary N) is 1. The molecule has 0 aliphatic rings. The molecule has 4 nitrogen and oxygen atoms in total. The normalized spacial score (nSPS) is 8.80. The van der Waals surface area contributed by atoms with Crippen LogP contribution in [0, 0.1) is 5.92 Å². The Morgan fingerprint density at radius 2 is 1.80 bits per heavy atom. The van der Waals surface area contributed by atoms with Crippen LogP contribution in [-0.2, 0) is 4.79 Å². The Balaban J connectivity index is 0.000000423. The fourth-order valence-corrected chi connectivity index (χ4v) is 0.936. The summed E-state index contributed by atoms with van der Waals surface area (Å²) < 4.78 is 0. The predicted molar refractivity (Wildman–Crippen MR) is 59.0 cm³/mol. The standard InChI is InChI=1S/C10H12O.CH4N2O/c1-8(2)10(11)9-6-4-3-5-7-9;2-3-1-4/h3-8H,1-2H3;1H,2H2,(H,3,4). The fourth-order valence-electron chi connectivity index (χ4n) is 0.936. The predicted octanol–water partition coefficient (Wildman–Crippen LogP) is 1.13. The van der Waals surface area contributed by atoms with Crippen molar-refractivity contribution in [3.8, 4) is 0 Å². The quantitative estimate of drug-likeness (QED) is 0.257. The minimum absolute atomic E-state index is 0.0948. The molecule has 0 aliphatic heterocycles. The van der Waals surface area contributed by atoms with E-state index in [1.165, 1.54) is 0 Å². The number of Topliss-reactive ketones (excluding diaryl/α,β-unsaturated/α-hetero) is 1. The van der Waals surface area contributed by atoms with E-state index in [0.29, 0.717) is 6.41 Å². The number of carbonyl (C=O) groups excluding carboxylic acids is 2. The molecule has 15 heavy (non-hydrogen) atoms. The smallest absolute Gasteiger partial charge is 0.221 e. The molecule has 0 saturated heterocycles. The van der Waals surface area contributed by atoms with Crippen LogP contribution in [0.1, 0.15) is 24.2 Å². The molecule has 1 amide bonds. The van der Waals surface area contributed by atoms with E-state index in [2.05, 4.69) is 5.84 Å². The van der Waals surface area contributed by atoms with Crippen molar-refractivity contribution in [2.45, 2.75) is 13.8 Å². The van der Waals surface area contributed by atoms with Gasteiger partial charge in [0.15, 0.2) is 5.78 Å². The van der Waals surface area contributed by atoms with Crippen molar-refractivity contribution in [1.29, 1.82) is 0 Å². The van der Waals surface area contributed by atoms with E-state index in [4.69, 9.17) is 4.79 Å². The summed E-state index contributed by atoms with van der Waals surface area (Å²) >= 11 is 0. The third-order valence-electron chi connectivity index (χ3n) is 1.65. The molecule has 0 radical (unpaired) electrons. The second kappa shape index (κ2) is 7.70. The van der Waals surface area contributed by atoms with Gasteiger partial charge in [-0.2, -0.15) is 0 Å². The maximum Gasteiger partial charge on any atom is 0.221 e. The Morgan fingerprint density at radius 1 is 1.33 bits per heavy atom. The Bertz CT molecular complexity index is 297. The molecule has 4 heteroatoms. The number of benzene rings is 1. The van der Waals surface area contributed by atoms with E-state index in [-0.39, 0.29) is 11.7 Å². The van der Waals surface area contributed by atoms with Crippen molar-refractivity contribution < 1.29 is 9.59 Å². The van der Waals surface area contributed by atoms with Crippen molar-refractivity contribution in [3.05, 3.63) is 35.9 Å². The lowest BCUT2D eigenvalue weighted by molar-refractivity contribution is -0.109. The van der Waals surface area contributed by atoms with E-state index >= 15 is 0 Å². The number of carbonyl (C=O) groups is 2. The van der Waals surface area contributed by atoms with Gasteiger partial charge in [0.2, 0.25) is 6.41 Å². The van der Waals surface area contributed by atoms with Crippen LogP contribution in [0.2, 0.25) is 0 Å². The number of hydrazine groups is 1. The van der Waals surface area contributed by atoms with Crippen LogP contribution in [0.25, 0.3) is 0 Å². The maximum atomic E-state index is 11.3. The van der Waals surface area contributed by atoms with Crippen molar-refractivity contribution in [1.82, 2.24) is 5.43 Å². The molecular formula is C11H16N2O2. The van der Waals surface area contributed by atoms with Crippen LogP contribution < -0.4 is 11.3 Å². The van der Waals surface area contributed by atoms with Crippen molar-refractivity contribution >= 4 is 12.2 Å². The third-order valence-corrected chi connectivity index (χ3v) is 1.65. The molecule has 0 bridgehead atoms. The Labute approximate surface area is 89.4 Å². The van der Waals surface area contributed by atoms with E-state index in [0.717, 1.165) is 5.56 Å². The molecular weight excluding hydrogens is 192 g/mol. The molecule has 0 atom stereocenters. The molecule has 0 spiro atoms. The highest BCUT2D eigenvalue weighted by Crippen LogP contribution is 2.06. The van der Waals surface area contributed by atoms with Gasteiger partial charge in [-0.25, -0.2) is 5.84 Å². The van der Waals surface area contributed by atoms with Gasteiger partial charge in [0.1, 0.15) is 0 Å². The topological polar surface area (TPSA) is 72.2 Å². The molecule has 1 aromatic carbocycles. The number of hydrogen-bond acceptors (Lipinski definition) is 3. The van der Waals surface area contributed by atoms with Gasteiger partial charge in [-0.3, -0.25) is 15.0 Å². The molecule has 3 N–H and O–H groups in total. The molecule has 82 valence electrons. The average molecular weight is 208 g/mol. The second-order valence-corrected chi connectivity index (χ2v) is 3.17. The van der Waals surface area contributed by atoms with Crippen LogP contribution in [0.15, 0.2) is 30.3 Å². The Kier molecular flexibility index (Phi) is 6.84. The highest BCUT2D eigenvalue weighted by Gasteiger charge is 2.08. The first-order valence-electron chi connectivity index (χ1n) is 4.62. The zero-order valence-electron chi connectivity index (χ0n) is 8.94. The number of nitrogens with two attached hydrogens (primary N) is 1. The lowest BCUT2D eigenvalue weighted by Gasteiger charge is -2.01. The lowest BCUT2D eigenvalue weighted by Crippen LogP contribution is -2.18. The van der Waals surface area contributed by atoms with Crippen molar-refractivity contribution in [2.75, 3.05) is 0 Å². The van der Waals surface area contributed by atoms with Gasteiger partial charge in [0, 0.05) is 11.5 Å². The second-order valence-electron chi connectivity index (χ2n) is 3.17. The minimum atomic E-state index is 0.0948. The Hall–Kier alpha value is -1.68. The van der Waals surface area contributed by atoms with Gasteiger partial charge >= 0.3 is 0 Å². The summed E-state index contributed by atoms with van der Waals surface area (Å²) in [4.78, 5) is 20.3. The van der Waals surface area contributed by atoms with Crippen molar-refractivity contribution in [2.24, 2.45) is 11.8 Å². The highest BCUT2D eigenvalue weighted by atomic mass is 16.1. The first-order valence-corrected chi connectivity index (χ1v) is 4.62. The van der Waals surface area contributed by atoms with E-state index in [9.17, 15) is 4.79 Å². The number of hydrogen-bond donors (Lipinski definition) is 2. The number of ketones is 1. The van der Waals surface area contributed by atoms with Crippen LogP contribution in [0.3, 0.4) is 0 Å². The molecule has 1 aromatic rings. The van der Waals surface area contributed by atoms with Gasteiger partial charge in [-0.15, -0.1) is 0 Å². The monoisotopic (exact) mass is 208 g/mol. The zero-order valence-corrected chi connectivity index (χ0v) is 8.94. The van der Waals surface area contributed by atoms with Gasteiger partial charge in [-0.05, 0) is 0 Å². The van der Waals surface area contributed by atoms with Gasteiger partial charge in [-0.1, -0.05) is 44.2 Å². The van der Waals surface area contributed by atoms with Gasteiger partial charge < -0.3 is 0 Å². The summed E-state index contributed by atoms with van der Waals surface area (Å²) in [6.07, 6.45) is 0.403. The summed E-state index contributed by atoms with van der Waals surface area (Å²) in [5, 5.41) is 0. The molecule has 0 aromatic heterocycles. The van der Waals surface area contributed by atoms with Crippen LogP contribution >= 0.6 is 0 Å². The van der Waals surface area contributed by atoms with E-state index in [1.807, 2.05) is 44.2 Å². The van der Waals surface area contributed by atoms with E-state index in [1.54, 1.807) is 5.43 Å². The molecule has 0 aliphatic carbocycles. The van der Waals surface area contributed by atoms with Crippen LogP contribution in [0.5, 0.6) is 0 Å². The summed E-state index contributed by atoms with van der Waals surface area (Å²) in [5.41, 5.74) is 2.56. The Morgan fingerprint density at radius 3 is 2.13 bits per heavy atom. The van der Waals surface area contributed by atoms with Gasteiger partial charge in [0.05, 0.1) is 0 Å². The highest BCUT2D eigenvalue weighted by molar-refractivity contribution is 5.97. The largest absolute Gasteiger partial charge is 0.297 e. The van der Waals surface area contributed by atoms with Crippen LogP contribution in [-0.4, -0.2) is 12.2 Å². The minimum Gasteiger partial charge on any atom is -0.297 e. The number of amides is 1. The SMILES string of the molecule is CC(C)C(=O)c1ccccc1.NNC=O. The molecule has 0 fully saturated rings.